The van der Waals surface area contributed by atoms with Crippen molar-refractivity contribution in [3.63, 3.8) is 0 Å². The van der Waals surface area contributed by atoms with Crippen LogP contribution in [0.4, 0.5) is 5.69 Å². The van der Waals surface area contributed by atoms with Crippen LogP contribution in [0.5, 0.6) is 5.75 Å². The van der Waals surface area contributed by atoms with Gasteiger partial charge in [0.15, 0.2) is 5.11 Å². The molecule has 2 aromatic carbocycles. The second kappa shape index (κ2) is 8.58. The number of thiocarbonyl (C=S) groups is 1. The fourth-order valence-electron chi connectivity index (χ4n) is 3.00. The molecule has 0 bridgehead atoms. The summed E-state index contributed by atoms with van der Waals surface area (Å²) in [4.78, 5) is 28.3. The molecule has 6 nitrogen and oxygen atoms in total. The molecular formula is C20H20ClN3O3S. The minimum absolute atomic E-state index is 0.00208. The lowest BCUT2D eigenvalue weighted by molar-refractivity contribution is -0.130. The number of nitrogens with one attached hydrogen (secondary N) is 1. The molecule has 8 heteroatoms. The van der Waals surface area contributed by atoms with Gasteiger partial charge in [0.05, 0.1) is 13.5 Å². The van der Waals surface area contributed by atoms with E-state index in [0.29, 0.717) is 22.4 Å². The largest absolute Gasteiger partial charge is 0.497 e. The summed E-state index contributed by atoms with van der Waals surface area (Å²) in [7, 11) is 3.23. The number of hydrogen-bond donors (Lipinski definition) is 1. The van der Waals surface area contributed by atoms with Gasteiger partial charge in [0, 0.05) is 24.3 Å². The normalized spacial score (nSPS) is 16.5. The van der Waals surface area contributed by atoms with E-state index < -0.39 is 6.04 Å². The van der Waals surface area contributed by atoms with Gasteiger partial charge in [-0.05, 0) is 54.2 Å². The van der Waals surface area contributed by atoms with Crippen LogP contribution >= 0.6 is 23.8 Å². The monoisotopic (exact) mass is 417 g/mol. The standard InChI is InChI=1S/C20H20ClN3O3S/c1-23-19(26)17(11-18(25)22-15-7-5-14(21)6-8-15)24(20(23)28)12-13-3-9-16(27-2)10-4-13/h3-10,17H,11-12H2,1-2H3,(H,22,25)/t17-/m1/s1. The summed E-state index contributed by atoms with van der Waals surface area (Å²) < 4.78 is 5.17. The van der Waals surface area contributed by atoms with Crippen LogP contribution in [0.15, 0.2) is 48.5 Å². The molecule has 1 aliphatic heterocycles. The molecule has 1 aliphatic rings. The molecule has 0 radical (unpaired) electrons. The number of halogens is 1. The van der Waals surface area contributed by atoms with Crippen LogP contribution in [-0.2, 0) is 16.1 Å². The zero-order valence-corrected chi connectivity index (χ0v) is 17.1. The van der Waals surface area contributed by atoms with Crippen molar-refractivity contribution in [2.24, 2.45) is 0 Å². The third-order valence-corrected chi connectivity index (χ3v) is 5.30. The van der Waals surface area contributed by atoms with E-state index in [9.17, 15) is 9.59 Å². The first-order valence-electron chi connectivity index (χ1n) is 8.65. The van der Waals surface area contributed by atoms with E-state index in [1.54, 1.807) is 43.3 Å². The summed E-state index contributed by atoms with van der Waals surface area (Å²) in [5.74, 6) is 0.295. The van der Waals surface area contributed by atoms with E-state index in [0.717, 1.165) is 11.3 Å². The Kier molecular flexibility index (Phi) is 6.16. The molecule has 1 heterocycles. The molecule has 3 rings (SSSR count). The minimum atomic E-state index is -0.646. The van der Waals surface area contributed by atoms with Crippen LogP contribution in [0.2, 0.25) is 5.02 Å². The lowest BCUT2D eigenvalue weighted by Gasteiger charge is -2.23. The summed E-state index contributed by atoms with van der Waals surface area (Å²) in [6, 6.07) is 13.7. The van der Waals surface area contributed by atoms with Gasteiger partial charge >= 0.3 is 0 Å². The molecule has 0 spiro atoms. The summed E-state index contributed by atoms with van der Waals surface area (Å²) in [6.45, 7) is 0.428. The first kappa shape index (κ1) is 20.1. The van der Waals surface area contributed by atoms with Crippen LogP contribution in [-0.4, -0.2) is 46.9 Å². The number of carbonyl (C=O) groups is 2. The number of carbonyl (C=O) groups excluding carboxylic acids is 2. The number of anilines is 1. The second-order valence-electron chi connectivity index (χ2n) is 6.43. The highest BCUT2D eigenvalue weighted by atomic mass is 35.5. The van der Waals surface area contributed by atoms with Gasteiger partial charge in [-0.1, -0.05) is 23.7 Å². The van der Waals surface area contributed by atoms with Crippen LogP contribution in [0.1, 0.15) is 12.0 Å². The van der Waals surface area contributed by atoms with Gasteiger partial charge in [-0.25, -0.2) is 0 Å². The van der Waals surface area contributed by atoms with Crippen LogP contribution in [0.25, 0.3) is 0 Å². The van der Waals surface area contributed by atoms with E-state index in [-0.39, 0.29) is 18.2 Å². The van der Waals surface area contributed by atoms with E-state index in [4.69, 9.17) is 28.6 Å². The average Bonchev–Trinajstić information content (AvgIpc) is 2.88. The fourth-order valence-corrected chi connectivity index (χ4v) is 3.41. The molecular weight excluding hydrogens is 398 g/mol. The summed E-state index contributed by atoms with van der Waals surface area (Å²) in [6.07, 6.45) is 0.00208. The Balaban J connectivity index is 1.72. The Morgan fingerprint density at radius 3 is 2.43 bits per heavy atom. The van der Waals surface area contributed by atoms with Crippen LogP contribution < -0.4 is 10.1 Å². The molecule has 2 amide bonds. The van der Waals surface area contributed by atoms with Gasteiger partial charge in [0.2, 0.25) is 5.91 Å². The van der Waals surface area contributed by atoms with Crippen molar-refractivity contribution < 1.29 is 14.3 Å². The van der Waals surface area contributed by atoms with Crippen molar-refractivity contribution in [2.75, 3.05) is 19.5 Å². The van der Waals surface area contributed by atoms with Crippen molar-refractivity contribution in [1.29, 1.82) is 0 Å². The summed E-state index contributed by atoms with van der Waals surface area (Å²) in [5, 5.41) is 3.78. The maximum Gasteiger partial charge on any atom is 0.251 e. The highest BCUT2D eigenvalue weighted by molar-refractivity contribution is 7.80. The molecule has 1 N–H and O–H groups in total. The Labute approximate surface area is 174 Å². The van der Waals surface area contributed by atoms with Crippen molar-refractivity contribution >= 4 is 46.4 Å². The molecule has 28 heavy (non-hydrogen) atoms. The highest BCUT2D eigenvalue weighted by Crippen LogP contribution is 2.24. The Morgan fingerprint density at radius 1 is 1.18 bits per heavy atom. The Morgan fingerprint density at radius 2 is 1.82 bits per heavy atom. The van der Waals surface area contributed by atoms with Gasteiger partial charge in [-0.2, -0.15) is 0 Å². The van der Waals surface area contributed by atoms with Crippen molar-refractivity contribution in [1.82, 2.24) is 9.80 Å². The Hall–Kier alpha value is -2.64. The second-order valence-corrected chi connectivity index (χ2v) is 7.23. The topological polar surface area (TPSA) is 61.9 Å². The zero-order valence-electron chi connectivity index (χ0n) is 15.5. The molecule has 0 unspecified atom stereocenters. The zero-order chi connectivity index (χ0) is 20.3. The van der Waals surface area contributed by atoms with E-state index in [1.807, 2.05) is 24.3 Å². The van der Waals surface area contributed by atoms with E-state index >= 15 is 0 Å². The van der Waals surface area contributed by atoms with Gasteiger partial charge in [0.25, 0.3) is 5.91 Å². The maximum atomic E-state index is 12.6. The number of likely N-dealkylation sites (N-methyl/N-ethyl adjacent to an activating group) is 1. The van der Waals surface area contributed by atoms with Crippen molar-refractivity contribution in [2.45, 2.75) is 19.0 Å². The van der Waals surface area contributed by atoms with Gasteiger partial charge in [-0.3, -0.25) is 14.5 Å². The SMILES string of the molecule is COc1ccc(CN2C(=S)N(C)C(=O)[C@H]2CC(=O)Nc2ccc(Cl)cc2)cc1. The summed E-state index contributed by atoms with van der Waals surface area (Å²) >= 11 is 11.3. The number of methoxy groups -OCH3 is 1. The molecule has 0 saturated carbocycles. The fraction of sp³-hybridized carbons (Fsp3) is 0.250. The number of amides is 2. The number of ether oxygens (including phenoxy) is 1. The predicted octanol–water partition coefficient (Wildman–Crippen LogP) is 3.30. The first-order valence-corrected chi connectivity index (χ1v) is 9.44. The van der Waals surface area contributed by atoms with Gasteiger partial charge < -0.3 is 15.0 Å². The van der Waals surface area contributed by atoms with Gasteiger partial charge in [0.1, 0.15) is 11.8 Å². The predicted molar refractivity (Wildman–Crippen MR) is 112 cm³/mol. The number of rotatable bonds is 6. The maximum absolute atomic E-state index is 12.6. The minimum Gasteiger partial charge on any atom is -0.497 e. The highest BCUT2D eigenvalue weighted by Gasteiger charge is 2.41. The van der Waals surface area contributed by atoms with Crippen LogP contribution in [0, 0.1) is 0 Å². The van der Waals surface area contributed by atoms with Crippen LogP contribution in [0.3, 0.4) is 0 Å². The van der Waals surface area contributed by atoms with Crippen molar-refractivity contribution in [3.8, 4) is 5.75 Å². The quantitative estimate of drug-likeness (QED) is 0.730. The van der Waals surface area contributed by atoms with E-state index in [1.165, 1.54) is 4.90 Å². The summed E-state index contributed by atoms with van der Waals surface area (Å²) in [5.41, 5.74) is 1.59. The lowest BCUT2D eigenvalue weighted by atomic mass is 10.1. The molecule has 1 fully saturated rings. The lowest BCUT2D eigenvalue weighted by Crippen LogP contribution is -2.37. The smallest absolute Gasteiger partial charge is 0.251 e. The third-order valence-electron chi connectivity index (χ3n) is 4.54. The number of benzene rings is 2. The molecule has 146 valence electrons. The molecule has 1 saturated heterocycles. The van der Waals surface area contributed by atoms with Gasteiger partial charge in [-0.15, -0.1) is 0 Å². The molecule has 0 aliphatic carbocycles. The molecule has 2 aromatic rings. The van der Waals surface area contributed by atoms with E-state index in [2.05, 4.69) is 5.32 Å². The number of nitrogens with zero attached hydrogens (tertiary/aromatic N) is 2. The molecule has 1 atom stereocenters. The Bertz CT molecular complexity index is 887. The molecule has 0 aromatic heterocycles. The average molecular weight is 418 g/mol. The first-order chi connectivity index (χ1) is 13.4. The third kappa shape index (κ3) is 4.43. The van der Waals surface area contributed by atoms with Crippen molar-refractivity contribution in [3.05, 3.63) is 59.1 Å². The number of hydrogen-bond acceptors (Lipinski definition) is 4.